The van der Waals surface area contributed by atoms with Gasteiger partial charge in [-0.25, -0.2) is 4.98 Å². The Hall–Kier alpha value is -1.19. The number of imidazole rings is 2. The summed E-state index contributed by atoms with van der Waals surface area (Å²) in [4.78, 5) is 4.67. The average molecular weight is 284 g/mol. The Morgan fingerprint density at radius 3 is 2.83 bits per heavy atom. The van der Waals surface area contributed by atoms with Crippen LogP contribution in [-0.2, 0) is 6.54 Å². The van der Waals surface area contributed by atoms with Crippen molar-refractivity contribution in [2.24, 2.45) is 0 Å². The molecule has 2 aromatic heterocycles. The van der Waals surface area contributed by atoms with Crippen LogP contribution >= 0.6 is 24.0 Å². The maximum absolute atomic E-state index is 5.76. The molecule has 0 saturated carbocycles. The lowest BCUT2D eigenvalue weighted by molar-refractivity contribution is 0.681. The first kappa shape index (κ1) is 13.2. The fourth-order valence-electron chi connectivity index (χ4n) is 2.26. The van der Waals surface area contributed by atoms with E-state index in [1.165, 1.54) is 5.69 Å². The molecule has 0 aliphatic rings. The van der Waals surface area contributed by atoms with Gasteiger partial charge >= 0.3 is 0 Å². The van der Waals surface area contributed by atoms with E-state index >= 15 is 0 Å². The van der Waals surface area contributed by atoms with Gasteiger partial charge in [0, 0.05) is 24.3 Å². The first-order chi connectivity index (χ1) is 8.31. The lowest BCUT2D eigenvalue weighted by Gasteiger charge is -2.02. The Morgan fingerprint density at radius 2 is 2.06 bits per heavy atom. The first-order valence-electron chi connectivity index (χ1n) is 5.80. The van der Waals surface area contributed by atoms with Crippen molar-refractivity contribution in [2.75, 3.05) is 5.88 Å². The van der Waals surface area contributed by atoms with Crippen LogP contribution in [0.2, 0.25) is 0 Å². The van der Waals surface area contributed by atoms with Gasteiger partial charge in [0.1, 0.15) is 0 Å². The fraction of sp³-hybridized carbons (Fsp3) is 0.308. The highest BCUT2D eigenvalue weighted by Gasteiger charge is 2.10. The molecule has 0 spiro atoms. The van der Waals surface area contributed by atoms with Crippen LogP contribution in [0.3, 0.4) is 0 Å². The largest absolute Gasteiger partial charge is 0.314 e. The molecule has 0 fully saturated rings. The Labute approximate surface area is 117 Å². The van der Waals surface area contributed by atoms with E-state index in [-0.39, 0.29) is 12.4 Å². The molecule has 0 radical (unpaired) electrons. The number of benzene rings is 1. The van der Waals surface area contributed by atoms with Crippen LogP contribution < -0.4 is 0 Å². The summed E-state index contributed by atoms with van der Waals surface area (Å²) in [6, 6.07) is 8.21. The van der Waals surface area contributed by atoms with Gasteiger partial charge in [-0.3, -0.25) is 4.40 Å². The van der Waals surface area contributed by atoms with Gasteiger partial charge in [0.15, 0.2) is 0 Å². The molecule has 3 nitrogen and oxygen atoms in total. The minimum absolute atomic E-state index is 0. The highest BCUT2D eigenvalue weighted by Crippen LogP contribution is 2.19. The van der Waals surface area contributed by atoms with Gasteiger partial charge < -0.3 is 4.57 Å². The normalized spacial score (nSPS) is 11.0. The van der Waals surface area contributed by atoms with Crippen LogP contribution in [0.25, 0.3) is 16.8 Å². The van der Waals surface area contributed by atoms with Crippen LogP contribution in [0, 0.1) is 6.92 Å². The summed E-state index contributed by atoms with van der Waals surface area (Å²) in [6.45, 7) is 3.03. The van der Waals surface area contributed by atoms with Crippen molar-refractivity contribution in [1.82, 2.24) is 14.0 Å². The van der Waals surface area contributed by atoms with Gasteiger partial charge in [-0.1, -0.05) is 12.1 Å². The van der Waals surface area contributed by atoms with E-state index in [0.29, 0.717) is 5.88 Å². The molecule has 3 aromatic rings. The summed E-state index contributed by atoms with van der Waals surface area (Å²) in [5.74, 6) is 1.69. The van der Waals surface area contributed by atoms with Crippen molar-refractivity contribution in [3.63, 3.8) is 0 Å². The number of rotatable bonds is 3. The van der Waals surface area contributed by atoms with Gasteiger partial charge in [0.2, 0.25) is 5.78 Å². The van der Waals surface area contributed by atoms with Gasteiger partial charge in [-0.15, -0.1) is 24.0 Å². The maximum Gasteiger partial charge on any atom is 0.215 e. The Bertz CT molecular complexity index is 669. The number of aryl methyl sites for hydroxylation is 2. The first-order valence-corrected chi connectivity index (χ1v) is 6.33. The topological polar surface area (TPSA) is 22.2 Å². The van der Waals surface area contributed by atoms with Crippen LogP contribution in [-0.4, -0.2) is 19.8 Å². The van der Waals surface area contributed by atoms with Gasteiger partial charge in [-0.2, -0.15) is 0 Å². The van der Waals surface area contributed by atoms with Crippen molar-refractivity contribution in [3.05, 3.63) is 36.2 Å². The van der Waals surface area contributed by atoms with E-state index in [9.17, 15) is 0 Å². The minimum atomic E-state index is 0. The lowest BCUT2D eigenvalue weighted by Crippen LogP contribution is -2.01. The molecule has 0 unspecified atom stereocenters. The molecule has 2 heterocycles. The van der Waals surface area contributed by atoms with Gasteiger partial charge in [-0.05, 0) is 25.5 Å². The van der Waals surface area contributed by atoms with Crippen LogP contribution in [0.15, 0.2) is 30.5 Å². The van der Waals surface area contributed by atoms with Crippen molar-refractivity contribution in [3.8, 4) is 0 Å². The number of hydrogen-bond donors (Lipinski definition) is 0. The predicted molar refractivity (Wildman–Crippen MR) is 78.0 cm³/mol. The van der Waals surface area contributed by atoms with E-state index in [1.807, 2.05) is 18.2 Å². The van der Waals surface area contributed by atoms with E-state index in [0.717, 1.165) is 29.8 Å². The molecule has 0 atom stereocenters. The summed E-state index contributed by atoms with van der Waals surface area (Å²) in [6.07, 6.45) is 3.11. The van der Waals surface area contributed by atoms with Crippen LogP contribution in [0.1, 0.15) is 12.1 Å². The summed E-state index contributed by atoms with van der Waals surface area (Å²) in [7, 11) is 0. The quantitative estimate of drug-likeness (QED) is 0.673. The molecule has 0 aliphatic heterocycles. The van der Waals surface area contributed by atoms with E-state index < -0.39 is 0 Å². The highest BCUT2D eigenvalue weighted by atomic mass is 35.5. The zero-order chi connectivity index (χ0) is 11.8. The Morgan fingerprint density at radius 1 is 1.28 bits per heavy atom. The summed E-state index contributed by atoms with van der Waals surface area (Å²) >= 11 is 5.76. The molecule has 0 saturated heterocycles. The standard InChI is InChI=1S/C13H14ClN3.ClH/c1-10-9-17-12-6-3-2-5-11(12)15-13(17)16(10)8-4-7-14;/h2-3,5-6,9H,4,7-8H2,1H3;1H. The SMILES string of the molecule is Cc1cn2c3ccccc3nc2n1CCCCl.Cl. The van der Waals surface area contributed by atoms with E-state index in [4.69, 9.17) is 11.6 Å². The maximum atomic E-state index is 5.76. The number of alkyl halides is 1. The molecule has 1 aromatic carbocycles. The van der Waals surface area contributed by atoms with Gasteiger partial charge in [0.25, 0.3) is 0 Å². The molecule has 18 heavy (non-hydrogen) atoms. The number of halogens is 2. The molecule has 0 amide bonds. The van der Waals surface area contributed by atoms with Gasteiger partial charge in [0.05, 0.1) is 11.0 Å². The van der Waals surface area contributed by atoms with Crippen LogP contribution in [0.5, 0.6) is 0 Å². The fourth-order valence-corrected chi connectivity index (χ4v) is 2.38. The number of aromatic nitrogens is 3. The van der Waals surface area contributed by atoms with Crippen molar-refractivity contribution >= 4 is 40.8 Å². The third-order valence-electron chi connectivity index (χ3n) is 3.08. The van der Waals surface area contributed by atoms with Crippen LogP contribution in [0.4, 0.5) is 0 Å². The molecular weight excluding hydrogens is 269 g/mol. The second-order valence-corrected chi connectivity index (χ2v) is 4.61. The predicted octanol–water partition coefficient (Wildman–Crippen LogP) is 3.65. The average Bonchev–Trinajstić information content (AvgIpc) is 2.82. The van der Waals surface area contributed by atoms with E-state index in [2.05, 4.69) is 33.1 Å². The Kier molecular flexibility index (Phi) is 3.83. The Balaban J connectivity index is 0.00000120. The number of fused-ring (bicyclic) bond motifs is 3. The smallest absolute Gasteiger partial charge is 0.215 e. The third-order valence-corrected chi connectivity index (χ3v) is 3.34. The number of nitrogens with zero attached hydrogens (tertiary/aromatic N) is 3. The summed E-state index contributed by atoms with van der Waals surface area (Å²) in [5.41, 5.74) is 3.43. The molecule has 0 aliphatic carbocycles. The molecule has 0 N–H and O–H groups in total. The molecule has 5 heteroatoms. The summed E-state index contributed by atoms with van der Waals surface area (Å²) in [5, 5.41) is 0. The zero-order valence-electron chi connectivity index (χ0n) is 10.1. The highest BCUT2D eigenvalue weighted by molar-refractivity contribution is 6.17. The zero-order valence-corrected chi connectivity index (χ0v) is 11.7. The monoisotopic (exact) mass is 283 g/mol. The molecule has 0 bridgehead atoms. The lowest BCUT2D eigenvalue weighted by atomic mass is 10.3. The minimum Gasteiger partial charge on any atom is -0.314 e. The molecule has 3 rings (SSSR count). The van der Waals surface area contributed by atoms with Crippen molar-refractivity contribution < 1.29 is 0 Å². The second-order valence-electron chi connectivity index (χ2n) is 4.24. The summed E-state index contributed by atoms with van der Waals surface area (Å²) < 4.78 is 4.38. The number of hydrogen-bond acceptors (Lipinski definition) is 1. The second kappa shape index (κ2) is 5.21. The van der Waals surface area contributed by atoms with Crippen molar-refractivity contribution in [1.29, 1.82) is 0 Å². The third kappa shape index (κ3) is 1.98. The van der Waals surface area contributed by atoms with Crippen molar-refractivity contribution in [2.45, 2.75) is 19.9 Å². The molecule has 96 valence electrons. The van der Waals surface area contributed by atoms with E-state index in [1.54, 1.807) is 0 Å². The number of para-hydroxylation sites is 2. The molecular formula is C13H15Cl2N3.